The van der Waals surface area contributed by atoms with Crippen molar-refractivity contribution < 1.29 is 14.7 Å². The summed E-state index contributed by atoms with van der Waals surface area (Å²) >= 11 is 0. The lowest BCUT2D eigenvalue weighted by Gasteiger charge is -2.34. The number of hydrogen-bond acceptors (Lipinski definition) is 2. The van der Waals surface area contributed by atoms with Crippen molar-refractivity contribution in [2.24, 2.45) is 0 Å². The van der Waals surface area contributed by atoms with Gasteiger partial charge in [-0.3, -0.25) is 4.79 Å². The van der Waals surface area contributed by atoms with Gasteiger partial charge in [0.1, 0.15) is 6.04 Å². The summed E-state index contributed by atoms with van der Waals surface area (Å²) < 4.78 is 0. The van der Waals surface area contributed by atoms with Crippen LogP contribution in [0.5, 0.6) is 0 Å². The predicted molar refractivity (Wildman–Crippen MR) is 76.3 cm³/mol. The van der Waals surface area contributed by atoms with Gasteiger partial charge >= 0.3 is 5.97 Å². The fraction of sp³-hybridized carbons (Fsp3) is 0.500. The highest BCUT2D eigenvalue weighted by atomic mass is 16.4. The molecule has 0 bridgehead atoms. The van der Waals surface area contributed by atoms with E-state index < -0.39 is 12.0 Å². The van der Waals surface area contributed by atoms with Crippen LogP contribution in [-0.2, 0) is 22.6 Å². The number of rotatable bonds is 5. The molecule has 1 aromatic rings. The summed E-state index contributed by atoms with van der Waals surface area (Å²) in [5.41, 5.74) is 2.10. The van der Waals surface area contributed by atoms with Gasteiger partial charge in [-0.2, -0.15) is 0 Å². The molecule has 1 atom stereocenters. The van der Waals surface area contributed by atoms with Gasteiger partial charge in [0, 0.05) is 19.4 Å². The lowest BCUT2D eigenvalue weighted by molar-refractivity contribution is -0.151. The first kappa shape index (κ1) is 14.6. The van der Waals surface area contributed by atoms with Crippen molar-refractivity contribution in [1.82, 2.24) is 4.90 Å². The van der Waals surface area contributed by atoms with E-state index in [-0.39, 0.29) is 5.91 Å². The van der Waals surface area contributed by atoms with Crippen molar-refractivity contribution in [3.8, 4) is 0 Å². The minimum Gasteiger partial charge on any atom is -0.480 e. The summed E-state index contributed by atoms with van der Waals surface area (Å²) in [5, 5.41) is 9.36. The fourth-order valence-corrected chi connectivity index (χ4v) is 2.68. The Kier molecular flexibility index (Phi) is 4.77. The maximum absolute atomic E-state index is 12.3. The smallest absolute Gasteiger partial charge is 0.326 e. The number of carbonyl (C=O) groups is 2. The number of benzene rings is 1. The number of aliphatic carboxylic acids is 1. The molecule has 1 heterocycles. The Morgan fingerprint density at radius 1 is 1.25 bits per heavy atom. The molecule has 0 spiro atoms. The van der Waals surface area contributed by atoms with Crippen LogP contribution < -0.4 is 0 Å². The summed E-state index contributed by atoms with van der Waals surface area (Å²) in [5.74, 6) is -0.955. The molecule has 4 heteroatoms. The minimum absolute atomic E-state index is 0.0413. The maximum atomic E-state index is 12.3. The van der Waals surface area contributed by atoms with Crippen LogP contribution in [-0.4, -0.2) is 27.9 Å². The third kappa shape index (κ3) is 3.18. The van der Waals surface area contributed by atoms with E-state index in [1.165, 1.54) is 4.90 Å². The molecule has 1 aliphatic heterocycles. The second-order valence-electron chi connectivity index (χ2n) is 5.31. The van der Waals surface area contributed by atoms with Crippen LogP contribution in [0.2, 0.25) is 0 Å². The van der Waals surface area contributed by atoms with E-state index in [1.807, 2.05) is 24.3 Å². The van der Waals surface area contributed by atoms with E-state index in [2.05, 4.69) is 6.92 Å². The van der Waals surface area contributed by atoms with Gasteiger partial charge in [-0.1, -0.05) is 44.0 Å². The molecule has 1 aliphatic rings. The highest BCUT2D eigenvalue weighted by Crippen LogP contribution is 2.24. The Labute approximate surface area is 119 Å². The van der Waals surface area contributed by atoms with Crippen molar-refractivity contribution in [2.75, 3.05) is 0 Å². The molecule has 20 heavy (non-hydrogen) atoms. The number of carboxylic acid groups (broad SMARTS) is 1. The summed E-state index contributed by atoms with van der Waals surface area (Å²) in [7, 11) is 0. The summed E-state index contributed by atoms with van der Waals surface area (Å²) in [6, 6.07) is 7.04. The van der Waals surface area contributed by atoms with Crippen LogP contribution in [0.15, 0.2) is 24.3 Å². The van der Waals surface area contributed by atoms with Gasteiger partial charge in [0.05, 0.1) is 0 Å². The van der Waals surface area contributed by atoms with Gasteiger partial charge in [-0.05, 0) is 17.5 Å². The van der Waals surface area contributed by atoms with E-state index >= 15 is 0 Å². The monoisotopic (exact) mass is 275 g/mol. The largest absolute Gasteiger partial charge is 0.480 e. The van der Waals surface area contributed by atoms with E-state index in [4.69, 9.17) is 0 Å². The SMILES string of the molecule is CCCCCC(=O)N1Cc2ccccc2C[C@H]1C(=O)O. The highest BCUT2D eigenvalue weighted by molar-refractivity contribution is 5.84. The molecule has 108 valence electrons. The van der Waals surface area contributed by atoms with E-state index in [1.54, 1.807) is 0 Å². The number of nitrogens with zero attached hydrogens (tertiary/aromatic N) is 1. The van der Waals surface area contributed by atoms with Crippen LogP contribution in [0.25, 0.3) is 0 Å². The molecule has 0 aliphatic carbocycles. The van der Waals surface area contributed by atoms with Gasteiger partial charge in [0.25, 0.3) is 0 Å². The predicted octanol–water partition coefficient (Wildman–Crippen LogP) is 2.60. The van der Waals surface area contributed by atoms with Crippen LogP contribution in [0.1, 0.15) is 43.7 Å². The topological polar surface area (TPSA) is 57.6 Å². The first-order valence-electron chi connectivity index (χ1n) is 7.22. The Bertz CT molecular complexity index is 498. The highest BCUT2D eigenvalue weighted by Gasteiger charge is 2.33. The third-order valence-electron chi connectivity index (χ3n) is 3.85. The van der Waals surface area contributed by atoms with Gasteiger partial charge in [-0.25, -0.2) is 4.79 Å². The standard InChI is InChI=1S/C16H21NO3/c1-2-3-4-9-15(18)17-11-13-8-6-5-7-12(13)10-14(17)16(19)20/h5-8,14H,2-4,9-11H2,1H3,(H,19,20)/t14-/m0/s1. The normalized spacial score (nSPS) is 17.6. The molecule has 0 fully saturated rings. The summed E-state index contributed by atoms with van der Waals surface area (Å²) in [6.07, 6.45) is 3.75. The van der Waals surface area contributed by atoms with E-state index in [9.17, 15) is 14.7 Å². The van der Waals surface area contributed by atoms with Gasteiger partial charge in [-0.15, -0.1) is 0 Å². The van der Waals surface area contributed by atoms with Crippen LogP contribution in [0.4, 0.5) is 0 Å². The summed E-state index contributed by atoms with van der Waals surface area (Å²) in [4.78, 5) is 25.2. The van der Waals surface area contributed by atoms with Crippen molar-refractivity contribution in [2.45, 2.75) is 51.6 Å². The van der Waals surface area contributed by atoms with E-state index in [0.717, 1.165) is 30.4 Å². The molecule has 1 amide bonds. The Hall–Kier alpha value is -1.84. The molecule has 0 saturated carbocycles. The second kappa shape index (κ2) is 6.55. The Balaban J connectivity index is 2.13. The average Bonchev–Trinajstić information content (AvgIpc) is 2.46. The number of carboxylic acids is 1. The Morgan fingerprint density at radius 2 is 1.95 bits per heavy atom. The van der Waals surface area contributed by atoms with Crippen LogP contribution >= 0.6 is 0 Å². The van der Waals surface area contributed by atoms with Crippen molar-refractivity contribution >= 4 is 11.9 Å². The molecule has 0 aromatic heterocycles. The molecule has 2 rings (SSSR count). The molecule has 0 radical (unpaired) electrons. The first-order chi connectivity index (χ1) is 9.63. The quantitative estimate of drug-likeness (QED) is 0.840. The average molecular weight is 275 g/mol. The zero-order valence-corrected chi connectivity index (χ0v) is 11.8. The number of amides is 1. The maximum Gasteiger partial charge on any atom is 0.326 e. The fourth-order valence-electron chi connectivity index (χ4n) is 2.68. The van der Waals surface area contributed by atoms with Crippen LogP contribution in [0, 0.1) is 0 Å². The molecule has 4 nitrogen and oxygen atoms in total. The van der Waals surface area contributed by atoms with Gasteiger partial charge < -0.3 is 10.0 Å². The number of hydrogen-bond donors (Lipinski definition) is 1. The number of fused-ring (bicyclic) bond motifs is 1. The lowest BCUT2D eigenvalue weighted by atomic mass is 9.93. The van der Waals surface area contributed by atoms with Gasteiger partial charge in [0.2, 0.25) is 5.91 Å². The van der Waals surface area contributed by atoms with Gasteiger partial charge in [0.15, 0.2) is 0 Å². The van der Waals surface area contributed by atoms with Crippen molar-refractivity contribution in [3.63, 3.8) is 0 Å². The van der Waals surface area contributed by atoms with Crippen molar-refractivity contribution in [3.05, 3.63) is 35.4 Å². The number of unbranched alkanes of at least 4 members (excludes halogenated alkanes) is 2. The molecule has 1 aromatic carbocycles. The molecular formula is C16H21NO3. The first-order valence-corrected chi connectivity index (χ1v) is 7.22. The Morgan fingerprint density at radius 3 is 2.60 bits per heavy atom. The minimum atomic E-state index is -0.914. The second-order valence-corrected chi connectivity index (χ2v) is 5.31. The third-order valence-corrected chi connectivity index (χ3v) is 3.85. The molecule has 0 saturated heterocycles. The molecule has 1 N–H and O–H groups in total. The lowest BCUT2D eigenvalue weighted by Crippen LogP contribution is -2.48. The number of carbonyl (C=O) groups excluding carboxylic acids is 1. The summed E-state index contributed by atoms with van der Waals surface area (Å²) in [6.45, 7) is 2.50. The van der Waals surface area contributed by atoms with E-state index in [0.29, 0.717) is 19.4 Å². The molecule has 0 unspecified atom stereocenters. The van der Waals surface area contributed by atoms with Crippen LogP contribution in [0.3, 0.4) is 0 Å². The van der Waals surface area contributed by atoms with Crippen molar-refractivity contribution in [1.29, 1.82) is 0 Å². The zero-order chi connectivity index (χ0) is 14.5. The zero-order valence-electron chi connectivity index (χ0n) is 11.8. The molecular weight excluding hydrogens is 254 g/mol.